The van der Waals surface area contributed by atoms with E-state index in [0.29, 0.717) is 32.2 Å². The van der Waals surface area contributed by atoms with Crippen molar-refractivity contribution in [3.8, 4) is 0 Å². The number of esters is 1. The number of carbonyl (C=O) groups is 3. The number of piperidine rings is 1. The number of carbonyl (C=O) groups excluding carboxylic acids is 3. The van der Waals surface area contributed by atoms with E-state index in [1.54, 1.807) is 6.92 Å². The van der Waals surface area contributed by atoms with Crippen molar-refractivity contribution in [2.75, 3.05) is 32.1 Å². The first-order valence-corrected chi connectivity index (χ1v) is 11.4. The van der Waals surface area contributed by atoms with Gasteiger partial charge in [-0.1, -0.05) is 18.7 Å². The van der Waals surface area contributed by atoms with E-state index in [4.69, 9.17) is 25.6 Å². The SMILES string of the molecule is C[C@H](CSC(=O)CCCON(O)O)C(=O)N1CCCC[C@H]1C(=O)OCCCCON(O)O. The Morgan fingerprint density at radius 1 is 1.00 bits per heavy atom. The summed E-state index contributed by atoms with van der Waals surface area (Å²) in [5, 5.41) is 32.8. The zero-order chi connectivity index (χ0) is 23.9. The molecule has 1 amide bonds. The number of likely N-dealkylation sites (tertiary alicyclic amines) is 1. The third-order valence-corrected chi connectivity index (χ3v) is 5.89. The number of amides is 1. The van der Waals surface area contributed by atoms with E-state index in [0.717, 1.165) is 24.6 Å². The summed E-state index contributed by atoms with van der Waals surface area (Å²) < 4.78 is 5.28. The number of unbranched alkanes of at least 4 members (excludes halogenated alkanes) is 1. The molecule has 0 unspecified atom stereocenters. The summed E-state index contributed by atoms with van der Waals surface area (Å²) in [5.41, 5.74) is 0. The van der Waals surface area contributed by atoms with Gasteiger partial charge in [0.1, 0.15) is 6.04 Å². The molecule has 1 saturated heterocycles. The molecule has 0 aromatic rings. The van der Waals surface area contributed by atoms with E-state index < -0.39 is 23.3 Å². The van der Waals surface area contributed by atoms with Crippen LogP contribution in [0.15, 0.2) is 0 Å². The van der Waals surface area contributed by atoms with Crippen LogP contribution in [0.5, 0.6) is 0 Å². The van der Waals surface area contributed by atoms with Crippen LogP contribution in [-0.2, 0) is 28.8 Å². The van der Waals surface area contributed by atoms with Crippen molar-refractivity contribution >= 4 is 28.8 Å². The molecule has 13 nitrogen and oxygen atoms in total. The fourth-order valence-electron chi connectivity index (χ4n) is 3.07. The summed E-state index contributed by atoms with van der Waals surface area (Å²) in [6, 6.07) is -0.655. The van der Waals surface area contributed by atoms with Crippen molar-refractivity contribution in [2.24, 2.45) is 5.92 Å². The topological polar surface area (TPSA) is 170 Å². The van der Waals surface area contributed by atoms with Crippen LogP contribution in [0.3, 0.4) is 0 Å². The van der Waals surface area contributed by atoms with Gasteiger partial charge in [-0.15, -0.1) is 0 Å². The van der Waals surface area contributed by atoms with Crippen LogP contribution in [0.25, 0.3) is 0 Å². The fraction of sp³-hybridized carbons (Fsp3) is 0.833. The first kappa shape index (κ1) is 28.7. The average molecular weight is 484 g/mol. The maximum Gasteiger partial charge on any atom is 0.328 e. The molecular weight excluding hydrogens is 450 g/mol. The summed E-state index contributed by atoms with van der Waals surface area (Å²) >= 11 is 1.02. The van der Waals surface area contributed by atoms with Crippen LogP contribution < -0.4 is 0 Å². The molecule has 14 heteroatoms. The van der Waals surface area contributed by atoms with Gasteiger partial charge in [-0.3, -0.25) is 40.1 Å². The van der Waals surface area contributed by atoms with Crippen molar-refractivity contribution in [1.82, 2.24) is 15.7 Å². The highest BCUT2D eigenvalue weighted by Gasteiger charge is 2.35. The molecule has 0 bridgehead atoms. The third-order valence-electron chi connectivity index (χ3n) is 4.70. The molecule has 186 valence electrons. The Labute approximate surface area is 190 Å². The molecule has 1 fully saturated rings. The van der Waals surface area contributed by atoms with E-state index in [1.807, 2.05) is 0 Å². The predicted octanol–water partition coefficient (Wildman–Crippen LogP) is 1.39. The minimum absolute atomic E-state index is 0.0281. The highest BCUT2D eigenvalue weighted by atomic mass is 32.2. The van der Waals surface area contributed by atoms with Crippen LogP contribution in [0.2, 0.25) is 0 Å². The maximum absolute atomic E-state index is 12.9. The quantitative estimate of drug-likeness (QED) is 0.150. The van der Waals surface area contributed by atoms with E-state index in [9.17, 15) is 14.4 Å². The second-order valence-electron chi connectivity index (χ2n) is 7.28. The zero-order valence-electron chi connectivity index (χ0n) is 18.1. The standard InChI is InChI=1S/C18H33N3O10S/c1-14(13-32-16(22)8-6-12-31-21(27)28)17(23)19-9-3-2-7-15(19)18(24)29-10-4-5-11-30-20(25)26/h14-15,25-28H,2-13H2,1H3/t14-,15+/m1/s1. The Morgan fingerprint density at radius 2 is 1.62 bits per heavy atom. The molecule has 32 heavy (non-hydrogen) atoms. The molecule has 0 aromatic heterocycles. The smallest absolute Gasteiger partial charge is 0.328 e. The lowest BCUT2D eigenvalue weighted by Gasteiger charge is -2.35. The van der Waals surface area contributed by atoms with Gasteiger partial charge in [-0.2, -0.15) is 0 Å². The van der Waals surface area contributed by atoms with Crippen molar-refractivity contribution in [3.05, 3.63) is 0 Å². The summed E-state index contributed by atoms with van der Waals surface area (Å²) in [5.74, 6) is -0.861. The summed E-state index contributed by atoms with van der Waals surface area (Å²) in [7, 11) is 0. The average Bonchev–Trinajstić information content (AvgIpc) is 2.76. The molecule has 0 spiro atoms. The molecule has 1 heterocycles. The molecule has 0 saturated carbocycles. The van der Waals surface area contributed by atoms with Gasteiger partial charge in [0.2, 0.25) is 5.91 Å². The zero-order valence-corrected chi connectivity index (χ0v) is 18.9. The first-order chi connectivity index (χ1) is 15.2. The predicted molar refractivity (Wildman–Crippen MR) is 108 cm³/mol. The van der Waals surface area contributed by atoms with Crippen LogP contribution in [0, 0.1) is 5.92 Å². The van der Waals surface area contributed by atoms with Gasteiger partial charge in [-0.25, -0.2) is 4.79 Å². The number of hydrogen-bond acceptors (Lipinski definition) is 13. The molecule has 2 atom stereocenters. The highest BCUT2D eigenvalue weighted by Crippen LogP contribution is 2.23. The van der Waals surface area contributed by atoms with Crippen molar-refractivity contribution in [1.29, 1.82) is 0 Å². The molecule has 0 aliphatic carbocycles. The van der Waals surface area contributed by atoms with Crippen molar-refractivity contribution < 1.29 is 49.6 Å². The number of ether oxygens (including phenoxy) is 1. The Morgan fingerprint density at radius 3 is 2.28 bits per heavy atom. The molecular formula is C18H33N3O10S. The highest BCUT2D eigenvalue weighted by molar-refractivity contribution is 8.13. The van der Waals surface area contributed by atoms with Crippen LogP contribution in [0.1, 0.15) is 51.9 Å². The van der Waals surface area contributed by atoms with Gasteiger partial charge in [0.05, 0.1) is 30.6 Å². The normalized spacial score (nSPS) is 17.6. The number of thioether (sulfide) groups is 1. The fourth-order valence-corrected chi connectivity index (χ4v) is 3.93. The van der Waals surface area contributed by atoms with E-state index in [1.165, 1.54) is 4.90 Å². The van der Waals surface area contributed by atoms with Gasteiger partial charge in [0.25, 0.3) is 0 Å². The lowest BCUT2D eigenvalue weighted by molar-refractivity contribution is -0.492. The molecule has 0 radical (unpaired) electrons. The van der Waals surface area contributed by atoms with Crippen molar-refractivity contribution in [2.45, 2.75) is 57.9 Å². The summed E-state index contributed by atoms with van der Waals surface area (Å²) in [4.78, 5) is 47.6. The van der Waals surface area contributed by atoms with Crippen LogP contribution in [0.4, 0.5) is 0 Å². The lowest BCUT2D eigenvalue weighted by Crippen LogP contribution is -2.50. The Hall–Kier alpha value is -1.36. The Bertz CT molecular complexity index is 581. The van der Waals surface area contributed by atoms with Gasteiger partial charge < -0.3 is 9.64 Å². The van der Waals surface area contributed by atoms with Crippen LogP contribution >= 0.6 is 11.8 Å². The molecule has 4 N–H and O–H groups in total. The molecule has 1 rings (SSSR count). The maximum atomic E-state index is 12.9. The third kappa shape index (κ3) is 12.0. The van der Waals surface area contributed by atoms with Gasteiger partial charge in [-0.05, 0) is 38.5 Å². The molecule has 1 aliphatic heterocycles. The van der Waals surface area contributed by atoms with Gasteiger partial charge in [0, 0.05) is 24.6 Å². The van der Waals surface area contributed by atoms with Gasteiger partial charge >= 0.3 is 5.97 Å². The monoisotopic (exact) mass is 483 g/mol. The van der Waals surface area contributed by atoms with E-state index in [2.05, 4.69) is 9.68 Å². The van der Waals surface area contributed by atoms with Crippen LogP contribution in [-0.4, -0.2) is 91.7 Å². The minimum atomic E-state index is -0.655. The number of nitrogens with zero attached hydrogens (tertiary/aromatic N) is 3. The van der Waals surface area contributed by atoms with E-state index in [-0.39, 0.29) is 48.4 Å². The van der Waals surface area contributed by atoms with E-state index >= 15 is 0 Å². The lowest BCUT2D eigenvalue weighted by atomic mass is 10.00. The minimum Gasteiger partial charge on any atom is -0.464 e. The first-order valence-electron chi connectivity index (χ1n) is 10.5. The van der Waals surface area contributed by atoms with Crippen molar-refractivity contribution in [3.63, 3.8) is 0 Å². The molecule has 1 aliphatic rings. The summed E-state index contributed by atoms with van der Waals surface area (Å²) in [6.07, 6.45) is 3.50. The summed E-state index contributed by atoms with van der Waals surface area (Å²) in [6.45, 7) is 2.32. The number of rotatable bonds is 15. The second-order valence-corrected chi connectivity index (χ2v) is 8.35. The Kier molecular flexibility index (Phi) is 14.6. The van der Waals surface area contributed by atoms with Gasteiger partial charge in [0.15, 0.2) is 5.12 Å². The number of hydrogen-bond donors (Lipinski definition) is 4. The largest absolute Gasteiger partial charge is 0.464 e. The second kappa shape index (κ2) is 16.3. The molecule has 0 aromatic carbocycles. The Balaban J connectivity index is 2.39.